The van der Waals surface area contributed by atoms with E-state index in [9.17, 15) is 4.79 Å². The van der Waals surface area contributed by atoms with Crippen molar-refractivity contribution in [3.8, 4) is 0 Å². The van der Waals surface area contributed by atoms with Gasteiger partial charge in [0.25, 0.3) is 5.91 Å². The molecule has 5 N–H and O–H groups in total. The van der Waals surface area contributed by atoms with Crippen LogP contribution in [0.4, 0.5) is 11.4 Å². The largest absolute Gasteiger partial charge is 0.399 e. The second kappa shape index (κ2) is 3.99. The van der Waals surface area contributed by atoms with Gasteiger partial charge in [-0.15, -0.1) is 0 Å². The van der Waals surface area contributed by atoms with Crippen molar-refractivity contribution >= 4 is 17.3 Å². The average Bonchev–Trinajstić information content (AvgIpc) is 2.57. The number of fused-ring (bicyclic) bond motifs is 1. The van der Waals surface area contributed by atoms with Crippen molar-refractivity contribution < 1.29 is 4.79 Å². The van der Waals surface area contributed by atoms with Crippen molar-refractivity contribution in [3.05, 3.63) is 23.8 Å². The summed E-state index contributed by atoms with van der Waals surface area (Å²) < 4.78 is 0. The van der Waals surface area contributed by atoms with Crippen LogP contribution in [0.3, 0.4) is 0 Å². The molecule has 6 heteroatoms. The number of anilines is 2. The monoisotopic (exact) mass is 235 g/mol. The molecular formula is C11H17N5O. The fraction of sp³-hybridized carbons (Fsp3) is 0.364. The first-order chi connectivity index (χ1) is 8.10. The highest BCUT2D eigenvalue weighted by Crippen LogP contribution is 2.38. The molecule has 92 valence electrons. The molecule has 2 rings (SSSR count). The number of nitrogens with two attached hydrogens (primary N) is 1. The zero-order chi connectivity index (χ0) is 12.6. The van der Waals surface area contributed by atoms with Gasteiger partial charge in [0, 0.05) is 18.3 Å². The highest BCUT2D eigenvalue weighted by Gasteiger charge is 2.49. The van der Waals surface area contributed by atoms with Crippen LogP contribution in [0.2, 0.25) is 0 Å². The molecule has 1 aromatic carbocycles. The van der Waals surface area contributed by atoms with Crippen LogP contribution in [0.1, 0.15) is 5.56 Å². The molecule has 1 amide bonds. The van der Waals surface area contributed by atoms with E-state index in [4.69, 9.17) is 5.73 Å². The molecular weight excluding hydrogens is 218 g/mol. The number of nitrogens with one attached hydrogen (secondary N) is 3. The Labute approximate surface area is 100 Å². The molecule has 0 saturated heterocycles. The first kappa shape index (κ1) is 11.8. The van der Waals surface area contributed by atoms with E-state index >= 15 is 0 Å². The quantitative estimate of drug-likeness (QED) is 0.413. The first-order valence-electron chi connectivity index (χ1n) is 5.40. The predicted octanol–water partition coefficient (Wildman–Crippen LogP) is -0.659. The van der Waals surface area contributed by atoms with Crippen LogP contribution in [0, 0.1) is 0 Å². The van der Waals surface area contributed by atoms with Gasteiger partial charge >= 0.3 is 0 Å². The van der Waals surface area contributed by atoms with E-state index in [-0.39, 0.29) is 5.91 Å². The number of hydrogen-bond acceptors (Lipinski definition) is 5. The van der Waals surface area contributed by atoms with E-state index < -0.39 is 5.66 Å². The lowest BCUT2D eigenvalue weighted by Crippen LogP contribution is -2.59. The lowest BCUT2D eigenvalue weighted by Gasteiger charge is -2.27. The summed E-state index contributed by atoms with van der Waals surface area (Å²) in [4.78, 5) is 12.4. The minimum absolute atomic E-state index is 0.106. The second-order valence-electron chi connectivity index (χ2n) is 3.89. The molecule has 0 radical (unpaired) electrons. The summed E-state index contributed by atoms with van der Waals surface area (Å²) in [5.74, 6) is -0.106. The average molecular weight is 235 g/mol. The number of carbonyl (C=O) groups excluding carboxylic acids is 1. The number of likely N-dealkylation sites (N-methyl/N-ethyl adjacent to an activating group) is 2. The Morgan fingerprint density at radius 1 is 1.24 bits per heavy atom. The smallest absolute Gasteiger partial charge is 0.281 e. The maximum atomic E-state index is 12.4. The van der Waals surface area contributed by atoms with Gasteiger partial charge in [-0.05, 0) is 32.3 Å². The Kier molecular flexibility index (Phi) is 2.78. The molecule has 1 aliphatic heterocycles. The molecule has 6 nitrogen and oxygen atoms in total. The normalized spacial score (nSPS) is 17.4. The molecule has 1 aliphatic rings. The third kappa shape index (κ3) is 1.42. The number of nitrogens with zero attached hydrogens (tertiary/aromatic N) is 1. The Balaban J connectivity index is 2.67. The van der Waals surface area contributed by atoms with Gasteiger partial charge in [-0.3, -0.25) is 15.4 Å². The molecule has 0 saturated carbocycles. The van der Waals surface area contributed by atoms with Gasteiger partial charge in [0.15, 0.2) is 5.66 Å². The third-order valence-corrected chi connectivity index (χ3v) is 3.16. The molecule has 0 atom stereocenters. The summed E-state index contributed by atoms with van der Waals surface area (Å²) in [5, 5.41) is 7.56. The minimum Gasteiger partial charge on any atom is -0.399 e. The highest BCUT2D eigenvalue weighted by molar-refractivity contribution is 6.07. The van der Waals surface area contributed by atoms with Gasteiger partial charge < -0.3 is 5.73 Å². The van der Waals surface area contributed by atoms with Gasteiger partial charge in [-0.1, -0.05) is 0 Å². The molecule has 1 heterocycles. The summed E-state index contributed by atoms with van der Waals surface area (Å²) >= 11 is 0. The van der Waals surface area contributed by atoms with E-state index in [0.717, 1.165) is 11.3 Å². The minimum atomic E-state index is -0.923. The zero-order valence-electron chi connectivity index (χ0n) is 10.2. The van der Waals surface area contributed by atoms with Crippen LogP contribution < -0.4 is 26.8 Å². The van der Waals surface area contributed by atoms with E-state index in [1.165, 1.54) is 5.01 Å². The molecule has 0 bridgehead atoms. The van der Waals surface area contributed by atoms with Gasteiger partial charge in [0.05, 0.1) is 5.69 Å². The molecule has 0 aromatic heterocycles. The molecule has 0 spiro atoms. The first-order valence-corrected chi connectivity index (χ1v) is 5.40. The molecule has 0 fully saturated rings. The van der Waals surface area contributed by atoms with Gasteiger partial charge in [-0.2, -0.15) is 0 Å². The van der Waals surface area contributed by atoms with Gasteiger partial charge in [0.2, 0.25) is 0 Å². The van der Waals surface area contributed by atoms with Crippen molar-refractivity contribution in [2.24, 2.45) is 0 Å². The summed E-state index contributed by atoms with van der Waals surface area (Å²) in [6.45, 7) is 0. The maximum Gasteiger partial charge on any atom is 0.281 e. The molecule has 1 aromatic rings. The molecule has 0 aliphatic carbocycles. The number of nitrogen functional groups attached to an aromatic ring is 1. The summed E-state index contributed by atoms with van der Waals surface area (Å²) in [6, 6.07) is 5.41. The van der Waals surface area contributed by atoms with Crippen molar-refractivity contribution in [2.75, 3.05) is 31.9 Å². The fourth-order valence-electron chi connectivity index (χ4n) is 2.27. The molecule has 0 unspecified atom stereocenters. The Morgan fingerprint density at radius 3 is 2.41 bits per heavy atom. The van der Waals surface area contributed by atoms with Gasteiger partial charge in [-0.25, -0.2) is 10.4 Å². The maximum absolute atomic E-state index is 12.4. The zero-order valence-corrected chi connectivity index (χ0v) is 10.2. The van der Waals surface area contributed by atoms with Crippen LogP contribution in [-0.4, -0.2) is 27.1 Å². The van der Waals surface area contributed by atoms with Crippen molar-refractivity contribution in [1.82, 2.24) is 16.1 Å². The van der Waals surface area contributed by atoms with Crippen LogP contribution in [0.15, 0.2) is 18.2 Å². The number of hydrogen-bond donors (Lipinski definition) is 4. The number of amides is 1. The van der Waals surface area contributed by atoms with E-state index in [1.54, 1.807) is 33.3 Å². The fourth-order valence-corrected chi connectivity index (χ4v) is 2.27. The lowest BCUT2D eigenvalue weighted by atomic mass is 10.0. The SMILES string of the molecule is CNN1C(=O)C(NC)(NC)c2cc(N)ccc21. The number of hydrazine groups is 1. The lowest BCUT2D eigenvalue weighted by molar-refractivity contribution is -0.125. The van der Waals surface area contributed by atoms with E-state index in [0.29, 0.717) is 5.69 Å². The highest BCUT2D eigenvalue weighted by atomic mass is 16.2. The van der Waals surface area contributed by atoms with E-state index in [1.807, 2.05) is 6.07 Å². The summed E-state index contributed by atoms with van der Waals surface area (Å²) in [7, 11) is 5.18. The van der Waals surface area contributed by atoms with Crippen LogP contribution in [-0.2, 0) is 10.5 Å². The Hall–Kier alpha value is -1.63. The Morgan fingerprint density at radius 2 is 1.88 bits per heavy atom. The standard InChI is InChI=1S/C11H17N5O/c1-13-11(14-2)8-6-7(12)4-5-9(8)16(15-3)10(11)17/h4-6,13-15H,12H2,1-3H3. The Bertz CT molecular complexity index is 455. The van der Waals surface area contributed by atoms with Crippen LogP contribution in [0.5, 0.6) is 0 Å². The summed E-state index contributed by atoms with van der Waals surface area (Å²) in [6.07, 6.45) is 0. The van der Waals surface area contributed by atoms with Crippen molar-refractivity contribution in [3.63, 3.8) is 0 Å². The van der Waals surface area contributed by atoms with E-state index in [2.05, 4.69) is 16.1 Å². The van der Waals surface area contributed by atoms with Crippen LogP contribution >= 0.6 is 0 Å². The van der Waals surface area contributed by atoms with Crippen molar-refractivity contribution in [1.29, 1.82) is 0 Å². The second-order valence-corrected chi connectivity index (χ2v) is 3.89. The number of carbonyl (C=O) groups is 1. The number of benzene rings is 1. The predicted molar refractivity (Wildman–Crippen MR) is 67.2 cm³/mol. The molecule has 17 heavy (non-hydrogen) atoms. The van der Waals surface area contributed by atoms with Gasteiger partial charge in [0.1, 0.15) is 0 Å². The van der Waals surface area contributed by atoms with Crippen LogP contribution in [0.25, 0.3) is 0 Å². The number of rotatable bonds is 3. The third-order valence-electron chi connectivity index (χ3n) is 3.16. The topological polar surface area (TPSA) is 82.4 Å². The summed E-state index contributed by atoms with van der Waals surface area (Å²) in [5.41, 5.74) is 9.99. The van der Waals surface area contributed by atoms with Crippen molar-refractivity contribution in [2.45, 2.75) is 5.66 Å².